The van der Waals surface area contributed by atoms with Crippen molar-refractivity contribution in [3.63, 3.8) is 0 Å². The Morgan fingerprint density at radius 1 is 1.31 bits per heavy atom. The summed E-state index contributed by atoms with van der Waals surface area (Å²) in [5.74, 6) is -1.12. The Balaban J connectivity index is 2.43. The van der Waals surface area contributed by atoms with Gasteiger partial charge >= 0.3 is 5.97 Å². The van der Waals surface area contributed by atoms with E-state index in [2.05, 4.69) is 0 Å². The fourth-order valence-electron chi connectivity index (χ4n) is 1.66. The summed E-state index contributed by atoms with van der Waals surface area (Å²) in [6.07, 6.45) is 2.03. The van der Waals surface area contributed by atoms with E-state index in [1.807, 2.05) is 30.3 Å². The molecular formula is C13H18O3. The van der Waals surface area contributed by atoms with E-state index in [9.17, 15) is 9.90 Å². The summed E-state index contributed by atoms with van der Waals surface area (Å²) < 4.78 is 0. The lowest BCUT2D eigenvalue weighted by atomic mass is 9.93. The third-order valence-corrected chi connectivity index (χ3v) is 2.88. The van der Waals surface area contributed by atoms with E-state index in [4.69, 9.17) is 5.11 Å². The average molecular weight is 222 g/mol. The first-order valence-corrected chi connectivity index (χ1v) is 5.58. The standard InChI is InChI=1S/C13H18O3/c1-2-13(16,12(14)15)10-6-9-11-7-4-3-5-8-11/h3-5,7-8,16H,2,6,9-10H2,1H3,(H,14,15)/t13-/m1/s1. The maximum atomic E-state index is 10.8. The molecule has 0 fully saturated rings. The Bertz CT molecular complexity index is 334. The van der Waals surface area contributed by atoms with Crippen molar-refractivity contribution in [2.24, 2.45) is 0 Å². The second-order valence-electron chi connectivity index (χ2n) is 4.03. The molecule has 0 aromatic heterocycles. The van der Waals surface area contributed by atoms with E-state index in [-0.39, 0.29) is 6.42 Å². The van der Waals surface area contributed by atoms with E-state index in [0.717, 1.165) is 6.42 Å². The number of aryl methyl sites for hydroxylation is 1. The van der Waals surface area contributed by atoms with Crippen LogP contribution in [0.4, 0.5) is 0 Å². The molecule has 2 N–H and O–H groups in total. The van der Waals surface area contributed by atoms with Crippen LogP contribution >= 0.6 is 0 Å². The smallest absolute Gasteiger partial charge is 0.335 e. The highest BCUT2D eigenvalue weighted by Crippen LogP contribution is 2.19. The van der Waals surface area contributed by atoms with Crippen LogP contribution in [-0.2, 0) is 11.2 Å². The molecule has 0 aliphatic rings. The third kappa shape index (κ3) is 3.35. The van der Waals surface area contributed by atoms with Gasteiger partial charge in [-0.2, -0.15) is 0 Å². The minimum absolute atomic E-state index is 0.247. The van der Waals surface area contributed by atoms with Crippen molar-refractivity contribution in [1.29, 1.82) is 0 Å². The minimum atomic E-state index is -1.56. The van der Waals surface area contributed by atoms with Gasteiger partial charge in [-0.1, -0.05) is 37.3 Å². The Morgan fingerprint density at radius 2 is 1.94 bits per heavy atom. The van der Waals surface area contributed by atoms with Gasteiger partial charge in [0.15, 0.2) is 5.60 Å². The molecule has 1 aromatic rings. The molecule has 0 heterocycles. The summed E-state index contributed by atoms with van der Waals surface area (Å²) in [6, 6.07) is 9.87. The second-order valence-corrected chi connectivity index (χ2v) is 4.03. The first kappa shape index (κ1) is 12.7. The summed E-state index contributed by atoms with van der Waals surface area (Å²) in [4.78, 5) is 10.8. The number of benzene rings is 1. The van der Waals surface area contributed by atoms with Crippen molar-refractivity contribution in [2.45, 2.75) is 38.2 Å². The van der Waals surface area contributed by atoms with Crippen LogP contribution in [0.2, 0.25) is 0 Å². The van der Waals surface area contributed by atoms with Crippen LogP contribution < -0.4 is 0 Å². The second kappa shape index (κ2) is 5.66. The van der Waals surface area contributed by atoms with Crippen LogP contribution in [0.3, 0.4) is 0 Å². The number of hydrogen-bond acceptors (Lipinski definition) is 2. The highest BCUT2D eigenvalue weighted by molar-refractivity contribution is 5.76. The Kier molecular flexibility index (Phi) is 4.50. The number of hydrogen-bond donors (Lipinski definition) is 2. The molecule has 0 amide bonds. The number of carbonyl (C=O) groups is 1. The molecule has 0 unspecified atom stereocenters. The lowest BCUT2D eigenvalue weighted by Crippen LogP contribution is -2.37. The number of carboxylic acids is 1. The maximum absolute atomic E-state index is 10.8. The topological polar surface area (TPSA) is 57.5 Å². The first-order chi connectivity index (χ1) is 7.58. The van der Waals surface area contributed by atoms with Crippen LogP contribution in [-0.4, -0.2) is 21.8 Å². The van der Waals surface area contributed by atoms with Crippen molar-refractivity contribution in [2.75, 3.05) is 0 Å². The Morgan fingerprint density at radius 3 is 2.44 bits per heavy atom. The van der Waals surface area contributed by atoms with Gasteiger partial charge in [0.05, 0.1) is 0 Å². The molecule has 3 nitrogen and oxygen atoms in total. The maximum Gasteiger partial charge on any atom is 0.335 e. The summed E-state index contributed by atoms with van der Waals surface area (Å²) in [5.41, 5.74) is -0.388. The molecule has 0 spiro atoms. The normalized spacial score (nSPS) is 14.4. The number of rotatable bonds is 6. The molecule has 0 radical (unpaired) electrons. The van der Waals surface area contributed by atoms with Gasteiger partial charge in [-0.3, -0.25) is 0 Å². The molecule has 0 saturated heterocycles. The molecule has 1 atom stereocenters. The number of carboxylic acid groups (broad SMARTS) is 1. The van der Waals surface area contributed by atoms with Gasteiger partial charge in [-0.05, 0) is 31.2 Å². The van der Waals surface area contributed by atoms with Crippen LogP contribution in [0.25, 0.3) is 0 Å². The van der Waals surface area contributed by atoms with Gasteiger partial charge < -0.3 is 10.2 Å². The summed E-state index contributed by atoms with van der Waals surface area (Å²) >= 11 is 0. The van der Waals surface area contributed by atoms with E-state index in [1.165, 1.54) is 5.56 Å². The van der Waals surface area contributed by atoms with E-state index in [0.29, 0.717) is 12.8 Å². The predicted molar refractivity (Wildman–Crippen MR) is 62.3 cm³/mol. The molecule has 0 bridgehead atoms. The third-order valence-electron chi connectivity index (χ3n) is 2.88. The van der Waals surface area contributed by atoms with Crippen LogP contribution in [0.15, 0.2) is 30.3 Å². The van der Waals surface area contributed by atoms with Gasteiger partial charge in [-0.15, -0.1) is 0 Å². The quantitative estimate of drug-likeness (QED) is 0.776. The monoisotopic (exact) mass is 222 g/mol. The lowest BCUT2D eigenvalue weighted by Gasteiger charge is -2.21. The zero-order valence-electron chi connectivity index (χ0n) is 9.52. The van der Waals surface area contributed by atoms with Crippen LogP contribution in [0, 0.1) is 0 Å². The fraction of sp³-hybridized carbons (Fsp3) is 0.462. The molecule has 16 heavy (non-hydrogen) atoms. The molecule has 88 valence electrons. The Hall–Kier alpha value is -1.35. The van der Waals surface area contributed by atoms with Crippen molar-refractivity contribution in [3.05, 3.63) is 35.9 Å². The molecule has 0 saturated carbocycles. The van der Waals surface area contributed by atoms with Gasteiger partial charge in [0.25, 0.3) is 0 Å². The molecule has 3 heteroatoms. The van der Waals surface area contributed by atoms with Crippen molar-refractivity contribution < 1.29 is 15.0 Å². The van der Waals surface area contributed by atoms with Crippen LogP contribution in [0.5, 0.6) is 0 Å². The van der Waals surface area contributed by atoms with Gasteiger partial charge in [0.1, 0.15) is 0 Å². The van der Waals surface area contributed by atoms with Gasteiger partial charge in [0.2, 0.25) is 0 Å². The fourth-order valence-corrected chi connectivity index (χ4v) is 1.66. The zero-order valence-corrected chi connectivity index (χ0v) is 9.52. The molecular weight excluding hydrogens is 204 g/mol. The predicted octanol–water partition coefficient (Wildman–Crippen LogP) is 2.23. The highest BCUT2D eigenvalue weighted by atomic mass is 16.4. The van der Waals surface area contributed by atoms with E-state index in [1.54, 1.807) is 6.92 Å². The number of aliphatic carboxylic acids is 1. The average Bonchev–Trinajstić information content (AvgIpc) is 2.30. The van der Waals surface area contributed by atoms with Gasteiger partial charge in [0, 0.05) is 0 Å². The molecule has 1 aromatic carbocycles. The van der Waals surface area contributed by atoms with E-state index >= 15 is 0 Å². The van der Waals surface area contributed by atoms with E-state index < -0.39 is 11.6 Å². The SMILES string of the molecule is CC[C@@](O)(CCCc1ccccc1)C(=O)O. The highest BCUT2D eigenvalue weighted by Gasteiger charge is 2.32. The Labute approximate surface area is 95.7 Å². The molecule has 0 aliphatic heterocycles. The zero-order chi connectivity index (χ0) is 12.0. The molecule has 0 aliphatic carbocycles. The lowest BCUT2D eigenvalue weighted by molar-refractivity contribution is -0.159. The first-order valence-electron chi connectivity index (χ1n) is 5.58. The van der Waals surface area contributed by atoms with Crippen molar-refractivity contribution in [1.82, 2.24) is 0 Å². The minimum Gasteiger partial charge on any atom is -0.479 e. The van der Waals surface area contributed by atoms with Crippen molar-refractivity contribution >= 4 is 5.97 Å². The summed E-state index contributed by atoms with van der Waals surface area (Å²) in [6.45, 7) is 1.69. The summed E-state index contributed by atoms with van der Waals surface area (Å²) in [7, 11) is 0. The number of aliphatic hydroxyl groups is 1. The summed E-state index contributed by atoms with van der Waals surface area (Å²) in [5, 5.41) is 18.7. The van der Waals surface area contributed by atoms with Crippen LogP contribution in [0.1, 0.15) is 31.7 Å². The largest absolute Gasteiger partial charge is 0.479 e. The van der Waals surface area contributed by atoms with Crippen molar-refractivity contribution in [3.8, 4) is 0 Å². The van der Waals surface area contributed by atoms with Gasteiger partial charge in [-0.25, -0.2) is 4.79 Å². The molecule has 1 rings (SSSR count).